The van der Waals surface area contributed by atoms with Crippen molar-refractivity contribution in [1.29, 1.82) is 0 Å². The Kier molecular flexibility index (Phi) is 8.99. The molecular weight excluding hydrogens is 400 g/mol. The second-order valence-electron chi connectivity index (χ2n) is 7.07. The second kappa shape index (κ2) is 11.2. The summed E-state index contributed by atoms with van der Waals surface area (Å²) in [5, 5.41) is 0. The lowest BCUT2D eigenvalue weighted by molar-refractivity contribution is 0.293. The predicted octanol–water partition coefficient (Wildman–Crippen LogP) is 6.76. The van der Waals surface area contributed by atoms with Gasteiger partial charge in [0.15, 0.2) is 0 Å². The van der Waals surface area contributed by atoms with E-state index in [9.17, 15) is 0 Å². The molecule has 0 atom stereocenters. The van der Waals surface area contributed by atoms with Crippen LogP contribution in [0.4, 0.5) is 0 Å². The van der Waals surface area contributed by atoms with E-state index >= 15 is 0 Å². The minimum absolute atomic E-state index is 0.515. The van der Waals surface area contributed by atoms with Crippen molar-refractivity contribution in [2.45, 2.75) is 60.0 Å². The molecule has 0 saturated heterocycles. The minimum atomic E-state index is 0.515. The third-order valence-electron chi connectivity index (χ3n) is 5.08. The van der Waals surface area contributed by atoms with Crippen LogP contribution in [-0.4, -0.2) is 18.7 Å². The first-order chi connectivity index (χ1) is 13.0. The van der Waals surface area contributed by atoms with E-state index in [-0.39, 0.29) is 0 Å². The highest BCUT2D eigenvalue weighted by atomic mass is 79.9. The number of ether oxygens (including phenoxy) is 1. The lowest BCUT2D eigenvalue weighted by atomic mass is 9.98. The van der Waals surface area contributed by atoms with Gasteiger partial charge in [-0.25, -0.2) is 4.99 Å². The largest absolute Gasteiger partial charge is 0.472 e. The summed E-state index contributed by atoms with van der Waals surface area (Å²) in [4.78, 5) is 9.31. The SMILES string of the molecule is CCC(CC)CCC=NC1=C(C)CN=C(OCc2ccccc2C)C(Br)=C1. The van der Waals surface area contributed by atoms with E-state index in [1.807, 2.05) is 24.4 Å². The number of aliphatic imine (C=N–C) groups is 2. The van der Waals surface area contributed by atoms with E-state index in [4.69, 9.17) is 9.73 Å². The zero-order valence-electron chi connectivity index (χ0n) is 17.0. The van der Waals surface area contributed by atoms with Crippen LogP contribution in [0.15, 0.2) is 56.1 Å². The average Bonchev–Trinajstić information content (AvgIpc) is 2.80. The van der Waals surface area contributed by atoms with Gasteiger partial charge in [0.1, 0.15) is 6.61 Å². The fourth-order valence-electron chi connectivity index (χ4n) is 3.00. The standard InChI is InChI=1S/C23H31BrN2O/c1-5-19(6-2)11-9-13-25-22-14-21(24)23(26-15-18(22)4)27-16-20-12-8-7-10-17(20)3/h7-8,10,12-14,19H,5-6,9,11,15-16H2,1-4H3. The molecule has 3 nitrogen and oxygen atoms in total. The number of halogens is 1. The molecule has 1 aliphatic heterocycles. The third kappa shape index (κ3) is 6.76. The van der Waals surface area contributed by atoms with Crippen molar-refractivity contribution in [3.05, 3.63) is 57.2 Å². The minimum Gasteiger partial charge on any atom is -0.472 e. The Morgan fingerprint density at radius 1 is 1.22 bits per heavy atom. The molecule has 0 unspecified atom stereocenters. The van der Waals surface area contributed by atoms with E-state index in [1.165, 1.54) is 30.4 Å². The highest BCUT2D eigenvalue weighted by molar-refractivity contribution is 9.12. The van der Waals surface area contributed by atoms with Gasteiger partial charge in [0, 0.05) is 6.21 Å². The molecule has 0 radical (unpaired) electrons. The predicted molar refractivity (Wildman–Crippen MR) is 120 cm³/mol. The van der Waals surface area contributed by atoms with Crippen molar-refractivity contribution in [1.82, 2.24) is 0 Å². The molecule has 0 aliphatic carbocycles. The number of aryl methyl sites for hydroxylation is 1. The molecule has 0 saturated carbocycles. The molecule has 1 heterocycles. The first-order valence-electron chi connectivity index (χ1n) is 9.86. The summed E-state index contributed by atoms with van der Waals surface area (Å²) >= 11 is 3.62. The molecule has 146 valence electrons. The molecular formula is C23H31BrN2O. The maximum absolute atomic E-state index is 5.98. The molecule has 27 heavy (non-hydrogen) atoms. The zero-order chi connectivity index (χ0) is 19.6. The van der Waals surface area contributed by atoms with Crippen LogP contribution in [-0.2, 0) is 11.3 Å². The molecule has 0 N–H and O–H groups in total. The maximum atomic E-state index is 5.98. The van der Waals surface area contributed by atoms with E-state index in [0.717, 1.165) is 28.1 Å². The fraction of sp³-hybridized carbons (Fsp3) is 0.478. The first-order valence-corrected chi connectivity index (χ1v) is 10.7. The van der Waals surface area contributed by atoms with E-state index in [0.29, 0.717) is 19.0 Å². The second-order valence-corrected chi connectivity index (χ2v) is 7.92. The van der Waals surface area contributed by atoms with Gasteiger partial charge in [-0.2, -0.15) is 0 Å². The number of hydrogen-bond donors (Lipinski definition) is 0. The number of benzene rings is 1. The lowest BCUT2D eigenvalue weighted by Gasteiger charge is -2.10. The summed E-state index contributed by atoms with van der Waals surface area (Å²) in [6, 6.07) is 8.26. The highest BCUT2D eigenvalue weighted by Crippen LogP contribution is 2.22. The van der Waals surface area contributed by atoms with Crippen LogP contribution >= 0.6 is 15.9 Å². The zero-order valence-corrected chi connectivity index (χ0v) is 18.6. The Balaban J connectivity index is 1.98. The summed E-state index contributed by atoms with van der Waals surface area (Å²) < 4.78 is 6.83. The van der Waals surface area contributed by atoms with Gasteiger partial charge in [-0.05, 0) is 71.3 Å². The van der Waals surface area contributed by atoms with E-state index in [1.54, 1.807) is 0 Å². The molecule has 0 spiro atoms. The van der Waals surface area contributed by atoms with E-state index < -0.39 is 0 Å². The van der Waals surface area contributed by atoms with Crippen LogP contribution in [0.1, 0.15) is 57.6 Å². The smallest absolute Gasteiger partial charge is 0.224 e. The molecule has 0 bridgehead atoms. The molecule has 1 aromatic rings. The van der Waals surface area contributed by atoms with Gasteiger partial charge in [0.2, 0.25) is 5.90 Å². The Morgan fingerprint density at radius 3 is 2.67 bits per heavy atom. The summed E-state index contributed by atoms with van der Waals surface area (Å²) in [6.07, 6.45) is 8.78. The molecule has 0 aromatic heterocycles. The summed E-state index contributed by atoms with van der Waals surface area (Å²) in [5.74, 6) is 1.44. The highest BCUT2D eigenvalue weighted by Gasteiger charge is 2.13. The first kappa shape index (κ1) is 21.6. The Hall–Kier alpha value is -1.68. The summed E-state index contributed by atoms with van der Waals surface area (Å²) in [6.45, 7) is 9.82. The van der Waals surface area contributed by atoms with Crippen molar-refractivity contribution in [3.63, 3.8) is 0 Å². The van der Waals surface area contributed by atoms with Gasteiger partial charge in [0.25, 0.3) is 0 Å². The summed E-state index contributed by atoms with van der Waals surface area (Å²) in [7, 11) is 0. The topological polar surface area (TPSA) is 34.0 Å². The van der Waals surface area contributed by atoms with Crippen molar-refractivity contribution in [2.24, 2.45) is 15.9 Å². The maximum Gasteiger partial charge on any atom is 0.224 e. The van der Waals surface area contributed by atoms with Crippen molar-refractivity contribution < 1.29 is 4.74 Å². The monoisotopic (exact) mass is 430 g/mol. The van der Waals surface area contributed by atoms with Crippen LogP contribution < -0.4 is 0 Å². The van der Waals surface area contributed by atoms with Gasteiger partial charge in [-0.15, -0.1) is 0 Å². The van der Waals surface area contributed by atoms with Gasteiger partial charge in [-0.1, -0.05) is 51.0 Å². The molecule has 4 heteroatoms. The number of hydrogen-bond acceptors (Lipinski definition) is 3. The van der Waals surface area contributed by atoms with Crippen LogP contribution in [0.25, 0.3) is 0 Å². The van der Waals surface area contributed by atoms with Crippen LogP contribution in [0.5, 0.6) is 0 Å². The van der Waals surface area contributed by atoms with Crippen LogP contribution in [0, 0.1) is 12.8 Å². The van der Waals surface area contributed by atoms with E-state index in [2.05, 4.69) is 60.8 Å². The molecule has 2 rings (SSSR count). The van der Waals surface area contributed by atoms with Gasteiger partial charge in [0.05, 0.1) is 16.7 Å². The number of nitrogens with zero attached hydrogens (tertiary/aromatic N) is 2. The molecule has 0 fully saturated rings. The quantitative estimate of drug-likeness (QED) is 0.419. The van der Waals surface area contributed by atoms with Crippen LogP contribution in [0.3, 0.4) is 0 Å². The Morgan fingerprint density at radius 2 is 1.96 bits per heavy atom. The van der Waals surface area contributed by atoms with Crippen molar-refractivity contribution >= 4 is 28.0 Å². The van der Waals surface area contributed by atoms with Crippen molar-refractivity contribution in [3.8, 4) is 0 Å². The molecule has 0 amide bonds. The fourth-order valence-corrected chi connectivity index (χ4v) is 3.46. The van der Waals surface area contributed by atoms with Gasteiger partial charge < -0.3 is 4.74 Å². The number of allylic oxidation sites excluding steroid dienone is 1. The van der Waals surface area contributed by atoms with Crippen LogP contribution in [0.2, 0.25) is 0 Å². The summed E-state index contributed by atoms with van der Waals surface area (Å²) in [5.41, 5.74) is 4.53. The molecule has 1 aliphatic rings. The van der Waals surface area contributed by atoms with Crippen molar-refractivity contribution in [2.75, 3.05) is 6.54 Å². The normalized spacial score (nSPS) is 15.2. The van der Waals surface area contributed by atoms with Gasteiger partial charge >= 0.3 is 0 Å². The average molecular weight is 431 g/mol. The Labute approximate surface area is 172 Å². The molecule has 1 aromatic carbocycles. The lowest BCUT2D eigenvalue weighted by Crippen LogP contribution is -2.06. The Bertz CT molecular complexity index is 743. The van der Waals surface area contributed by atoms with Gasteiger partial charge in [-0.3, -0.25) is 4.99 Å². The third-order valence-corrected chi connectivity index (χ3v) is 5.65. The number of rotatable bonds is 8.